The van der Waals surface area contributed by atoms with Gasteiger partial charge in [0.1, 0.15) is 0 Å². The number of aromatic nitrogens is 3. The smallest absolute Gasteiger partial charge is 0.234 e. The number of hydrogen-bond donors (Lipinski definition) is 1. The quantitative estimate of drug-likeness (QED) is 0.606. The van der Waals surface area contributed by atoms with Gasteiger partial charge in [0.2, 0.25) is 5.91 Å². The first-order valence-electron chi connectivity index (χ1n) is 8.53. The summed E-state index contributed by atoms with van der Waals surface area (Å²) in [5.41, 5.74) is 3.06. The molecule has 0 aliphatic heterocycles. The van der Waals surface area contributed by atoms with E-state index < -0.39 is 0 Å². The SMILES string of the molecule is CCCc1cc(-c2nnc(SCC(=O)Nc3ccc(C)cc3)n2C)cs1. The summed E-state index contributed by atoms with van der Waals surface area (Å²) in [7, 11) is 1.94. The van der Waals surface area contributed by atoms with Crippen molar-refractivity contribution in [1.82, 2.24) is 14.8 Å². The van der Waals surface area contributed by atoms with Crippen LogP contribution in [0.25, 0.3) is 11.4 Å². The Bertz CT molecular complexity index is 883. The second-order valence-electron chi connectivity index (χ2n) is 6.12. The van der Waals surface area contributed by atoms with Gasteiger partial charge in [0.05, 0.1) is 5.75 Å². The minimum Gasteiger partial charge on any atom is -0.325 e. The van der Waals surface area contributed by atoms with E-state index in [9.17, 15) is 4.79 Å². The Hall–Kier alpha value is -2.12. The van der Waals surface area contributed by atoms with Gasteiger partial charge in [0.25, 0.3) is 0 Å². The first-order valence-corrected chi connectivity index (χ1v) is 10.4. The van der Waals surface area contributed by atoms with Crippen molar-refractivity contribution in [3.63, 3.8) is 0 Å². The van der Waals surface area contributed by atoms with E-state index in [1.807, 2.05) is 42.8 Å². The molecule has 0 radical (unpaired) electrons. The number of carbonyl (C=O) groups excluding carboxylic acids is 1. The fourth-order valence-electron chi connectivity index (χ4n) is 2.53. The number of aryl methyl sites for hydroxylation is 2. The lowest BCUT2D eigenvalue weighted by molar-refractivity contribution is -0.113. The monoisotopic (exact) mass is 386 g/mol. The van der Waals surface area contributed by atoms with Gasteiger partial charge in [0, 0.05) is 28.6 Å². The number of thiophene rings is 1. The molecule has 26 heavy (non-hydrogen) atoms. The lowest BCUT2D eigenvalue weighted by atomic mass is 10.2. The third-order valence-corrected chi connectivity index (χ3v) is 5.93. The van der Waals surface area contributed by atoms with Gasteiger partial charge in [-0.3, -0.25) is 4.79 Å². The average Bonchev–Trinajstić information content (AvgIpc) is 3.22. The summed E-state index contributed by atoms with van der Waals surface area (Å²) < 4.78 is 1.95. The minimum atomic E-state index is -0.0517. The van der Waals surface area contributed by atoms with Crippen molar-refractivity contribution in [1.29, 1.82) is 0 Å². The molecule has 7 heteroatoms. The summed E-state index contributed by atoms with van der Waals surface area (Å²) >= 11 is 3.15. The number of hydrogen-bond acceptors (Lipinski definition) is 5. The maximum atomic E-state index is 12.1. The Labute approximate surface area is 161 Å². The minimum absolute atomic E-state index is 0.0517. The normalized spacial score (nSPS) is 10.9. The molecule has 3 rings (SSSR count). The summed E-state index contributed by atoms with van der Waals surface area (Å²) in [6.07, 6.45) is 2.22. The first kappa shape index (κ1) is 18.7. The number of carbonyl (C=O) groups is 1. The Morgan fingerprint density at radius 2 is 2.04 bits per heavy atom. The molecule has 2 heterocycles. The van der Waals surface area contributed by atoms with E-state index in [2.05, 4.69) is 33.9 Å². The Balaban J connectivity index is 1.60. The summed E-state index contributed by atoms with van der Waals surface area (Å²) in [4.78, 5) is 13.5. The van der Waals surface area contributed by atoms with Gasteiger partial charge in [0.15, 0.2) is 11.0 Å². The number of amides is 1. The molecular weight excluding hydrogens is 364 g/mol. The van der Waals surface area contributed by atoms with E-state index in [1.54, 1.807) is 11.3 Å². The highest BCUT2D eigenvalue weighted by atomic mass is 32.2. The standard InChI is InChI=1S/C19H22N4OS2/c1-4-5-16-10-14(11-25-16)18-21-22-19(23(18)3)26-12-17(24)20-15-8-6-13(2)7-9-15/h6-11H,4-5,12H2,1-3H3,(H,20,24). The highest BCUT2D eigenvalue weighted by Crippen LogP contribution is 2.27. The molecule has 0 spiro atoms. The molecule has 0 saturated carbocycles. The van der Waals surface area contributed by atoms with E-state index in [1.165, 1.54) is 22.2 Å². The number of rotatable bonds is 7. The van der Waals surface area contributed by atoms with Crippen LogP contribution in [0.5, 0.6) is 0 Å². The predicted molar refractivity (Wildman–Crippen MR) is 109 cm³/mol. The van der Waals surface area contributed by atoms with Gasteiger partial charge < -0.3 is 9.88 Å². The number of benzene rings is 1. The van der Waals surface area contributed by atoms with Crippen LogP contribution < -0.4 is 5.32 Å². The molecule has 1 aromatic carbocycles. The van der Waals surface area contributed by atoms with Crippen LogP contribution in [0.3, 0.4) is 0 Å². The van der Waals surface area contributed by atoms with Crippen LogP contribution in [-0.4, -0.2) is 26.4 Å². The predicted octanol–water partition coefficient (Wildman–Crippen LogP) is 4.54. The molecule has 0 aliphatic rings. The van der Waals surface area contributed by atoms with Crippen LogP contribution in [0, 0.1) is 6.92 Å². The van der Waals surface area contributed by atoms with Crippen LogP contribution in [0.1, 0.15) is 23.8 Å². The van der Waals surface area contributed by atoms with Gasteiger partial charge >= 0.3 is 0 Å². The lowest BCUT2D eigenvalue weighted by Crippen LogP contribution is -2.14. The molecule has 0 aliphatic carbocycles. The molecule has 0 saturated heterocycles. The summed E-state index contributed by atoms with van der Waals surface area (Å²) in [5.74, 6) is 1.08. The number of anilines is 1. The fraction of sp³-hybridized carbons (Fsp3) is 0.316. The summed E-state index contributed by atoms with van der Waals surface area (Å²) in [5, 5.41) is 14.3. The van der Waals surface area contributed by atoms with E-state index in [-0.39, 0.29) is 5.91 Å². The van der Waals surface area contributed by atoms with Crippen molar-refractivity contribution >= 4 is 34.7 Å². The summed E-state index contributed by atoms with van der Waals surface area (Å²) in [6, 6.07) is 9.94. The largest absolute Gasteiger partial charge is 0.325 e. The van der Waals surface area contributed by atoms with Crippen LogP contribution in [0.15, 0.2) is 40.9 Å². The van der Waals surface area contributed by atoms with Crippen LogP contribution in [-0.2, 0) is 18.3 Å². The van der Waals surface area contributed by atoms with Gasteiger partial charge in [-0.1, -0.05) is 42.8 Å². The average molecular weight is 387 g/mol. The van der Waals surface area contributed by atoms with Crippen molar-refractivity contribution in [2.45, 2.75) is 31.8 Å². The zero-order valence-electron chi connectivity index (χ0n) is 15.2. The number of nitrogens with zero attached hydrogens (tertiary/aromatic N) is 3. The molecule has 0 unspecified atom stereocenters. The van der Waals surface area contributed by atoms with Gasteiger partial charge in [-0.05, 0) is 31.5 Å². The van der Waals surface area contributed by atoms with Gasteiger partial charge in [-0.2, -0.15) is 0 Å². The molecule has 5 nitrogen and oxygen atoms in total. The molecule has 2 aromatic heterocycles. The van der Waals surface area contributed by atoms with Crippen molar-refractivity contribution in [2.75, 3.05) is 11.1 Å². The van der Waals surface area contributed by atoms with Gasteiger partial charge in [-0.25, -0.2) is 0 Å². The molecule has 0 atom stereocenters. The van der Waals surface area contributed by atoms with Crippen molar-refractivity contribution in [3.8, 4) is 11.4 Å². The Morgan fingerprint density at radius 1 is 1.27 bits per heavy atom. The van der Waals surface area contributed by atoms with E-state index in [4.69, 9.17) is 0 Å². The Morgan fingerprint density at radius 3 is 2.77 bits per heavy atom. The molecule has 1 N–H and O–H groups in total. The molecule has 3 aromatic rings. The third-order valence-electron chi connectivity index (χ3n) is 3.91. The van der Waals surface area contributed by atoms with E-state index >= 15 is 0 Å². The van der Waals surface area contributed by atoms with Gasteiger partial charge in [-0.15, -0.1) is 21.5 Å². The Kier molecular flexibility index (Phi) is 6.11. The van der Waals surface area contributed by atoms with Crippen molar-refractivity contribution in [2.24, 2.45) is 7.05 Å². The molecular formula is C19H22N4OS2. The zero-order chi connectivity index (χ0) is 18.5. The van der Waals surface area contributed by atoms with Crippen LogP contribution >= 0.6 is 23.1 Å². The molecule has 0 bridgehead atoms. The second-order valence-corrected chi connectivity index (χ2v) is 8.06. The second kappa shape index (κ2) is 8.51. The topological polar surface area (TPSA) is 59.8 Å². The number of nitrogens with one attached hydrogen (secondary N) is 1. The fourth-order valence-corrected chi connectivity index (χ4v) is 4.21. The first-order chi connectivity index (χ1) is 12.6. The highest BCUT2D eigenvalue weighted by molar-refractivity contribution is 7.99. The van der Waals surface area contributed by atoms with Crippen molar-refractivity contribution < 1.29 is 4.79 Å². The van der Waals surface area contributed by atoms with Crippen LogP contribution in [0.4, 0.5) is 5.69 Å². The van der Waals surface area contributed by atoms with Crippen LogP contribution in [0.2, 0.25) is 0 Å². The molecule has 1 amide bonds. The molecule has 0 fully saturated rings. The highest BCUT2D eigenvalue weighted by Gasteiger charge is 2.14. The maximum Gasteiger partial charge on any atom is 0.234 e. The summed E-state index contributed by atoms with van der Waals surface area (Å²) in [6.45, 7) is 4.20. The zero-order valence-corrected chi connectivity index (χ0v) is 16.8. The third kappa shape index (κ3) is 4.53. The van der Waals surface area contributed by atoms with Crippen molar-refractivity contribution in [3.05, 3.63) is 46.2 Å². The van der Waals surface area contributed by atoms with E-state index in [0.29, 0.717) is 5.75 Å². The lowest BCUT2D eigenvalue weighted by Gasteiger charge is -2.05. The molecule has 136 valence electrons. The van der Waals surface area contributed by atoms with E-state index in [0.717, 1.165) is 35.1 Å². The number of thioether (sulfide) groups is 1. The maximum absolute atomic E-state index is 12.1.